The minimum absolute atomic E-state index is 0.0836. The third-order valence-electron chi connectivity index (χ3n) is 6.48. The van der Waals surface area contributed by atoms with Crippen molar-refractivity contribution in [2.24, 2.45) is 29.1 Å². The summed E-state index contributed by atoms with van der Waals surface area (Å²) < 4.78 is 10.6. The van der Waals surface area contributed by atoms with E-state index in [2.05, 4.69) is 12.2 Å². The number of rotatable bonds is 3. The molecule has 5 nitrogen and oxygen atoms in total. The van der Waals surface area contributed by atoms with E-state index in [0.29, 0.717) is 17.2 Å². The summed E-state index contributed by atoms with van der Waals surface area (Å²) in [5.41, 5.74) is 0.705. The van der Waals surface area contributed by atoms with Gasteiger partial charge in [0.2, 0.25) is 11.8 Å². The highest BCUT2D eigenvalue weighted by atomic mass is 16.5. The fourth-order valence-corrected chi connectivity index (χ4v) is 5.29. The molecule has 5 rings (SSSR count). The molecule has 1 aliphatic heterocycles. The van der Waals surface area contributed by atoms with Crippen LogP contribution in [0.4, 0.5) is 5.69 Å². The van der Waals surface area contributed by atoms with Gasteiger partial charge in [-0.1, -0.05) is 12.2 Å². The molecule has 0 radical (unpaired) electrons. The molecule has 3 aliphatic carbocycles. The first-order chi connectivity index (χ1) is 11.6. The van der Waals surface area contributed by atoms with E-state index in [9.17, 15) is 9.59 Å². The second-order valence-electron chi connectivity index (χ2n) is 7.27. The molecule has 1 heterocycles. The first kappa shape index (κ1) is 14.1. The average Bonchev–Trinajstić information content (AvgIpc) is 3.19. The van der Waals surface area contributed by atoms with Gasteiger partial charge in [-0.25, -0.2) is 4.90 Å². The van der Waals surface area contributed by atoms with Gasteiger partial charge in [-0.05, 0) is 42.2 Å². The normalized spacial score (nSPS) is 34.2. The molecule has 1 spiro atoms. The van der Waals surface area contributed by atoms with Crippen molar-refractivity contribution in [2.75, 3.05) is 19.1 Å². The van der Waals surface area contributed by atoms with Crippen molar-refractivity contribution in [3.05, 3.63) is 30.4 Å². The van der Waals surface area contributed by atoms with Crippen molar-refractivity contribution in [3.8, 4) is 11.5 Å². The Morgan fingerprint density at radius 3 is 2.12 bits per heavy atom. The lowest BCUT2D eigenvalue weighted by molar-refractivity contribution is -0.123. The van der Waals surface area contributed by atoms with Gasteiger partial charge in [0.15, 0.2) is 0 Å². The van der Waals surface area contributed by atoms with Gasteiger partial charge in [-0.2, -0.15) is 0 Å². The van der Waals surface area contributed by atoms with Gasteiger partial charge in [0.1, 0.15) is 11.5 Å². The molecule has 1 saturated heterocycles. The van der Waals surface area contributed by atoms with Crippen molar-refractivity contribution in [1.29, 1.82) is 0 Å². The standard InChI is InChI=1S/C19H19NO4/c1-23-10-3-6-14(24-2)13(9-10)20-17(21)15-11-4-5-12(16(15)18(20)22)19(11)7-8-19/h3-6,9,11-12,15-16H,7-8H2,1-2H3/t11-,12-,15-,16+/m1/s1. The SMILES string of the molecule is COc1ccc(OC)c(N2C(=O)[C@@H]3[C@H](C2=O)[C@H]2C=C[C@H]3C23CC3)c1. The molecule has 24 heavy (non-hydrogen) atoms. The monoisotopic (exact) mass is 325 g/mol. The summed E-state index contributed by atoms with van der Waals surface area (Å²) in [5, 5.41) is 0. The summed E-state index contributed by atoms with van der Waals surface area (Å²) in [6.45, 7) is 0. The third-order valence-corrected chi connectivity index (χ3v) is 6.48. The fraction of sp³-hybridized carbons (Fsp3) is 0.474. The van der Waals surface area contributed by atoms with Gasteiger partial charge in [0.25, 0.3) is 0 Å². The maximum absolute atomic E-state index is 13.1. The van der Waals surface area contributed by atoms with E-state index in [1.54, 1.807) is 32.4 Å². The van der Waals surface area contributed by atoms with Crippen molar-refractivity contribution >= 4 is 17.5 Å². The number of benzene rings is 1. The molecule has 1 aromatic rings. The molecular formula is C19H19NO4. The summed E-state index contributed by atoms with van der Waals surface area (Å²) in [7, 11) is 3.11. The lowest BCUT2D eigenvalue weighted by atomic mass is 9.85. The third kappa shape index (κ3) is 1.46. The van der Waals surface area contributed by atoms with E-state index in [0.717, 1.165) is 12.8 Å². The van der Waals surface area contributed by atoms with Gasteiger partial charge in [0, 0.05) is 6.07 Å². The van der Waals surface area contributed by atoms with E-state index < -0.39 is 0 Å². The molecule has 0 aromatic heterocycles. The van der Waals surface area contributed by atoms with Gasteiger partial charge >= 0.3 is 0 Å². The van der Waals surface area contributed by atoms with Crippen molar-refractivity contribution in [3.63, 3.8) is 0 Å². The number of methoxy groups -OCH3 is 2. The molecule has 2 saturated carbocycles. The smallest absolute Gasteiger partial charge is 0.238 e. The highest BCUT2D eigenvalue weighted by Gasteiger charge is 2.73. The summed E-state index contributed by atoms with van der Waals surface area (Å²) in [5.74, 6) is 0.995. The zero-order valence-electron chi connectivity index (χ0n) is 13.7. The van der Waals surface area contributed by atoms with E-state index in [4.69, 9.17) is 9.47 Å². The lowest BCUT2D eigenvalue weighted by Crippen LogP contribution is -2.35. The van der Waals surface area contributed by atoms with Crippen LogP contribution in [0.15, 0.2) is 30.4 Å². The Labute approximate surface area is 140 Å². The Morgan fingerprint density at radius 1 is 1.00 bits per heavy atom. The predicted molar refractivity (Wildman–Crippen MR) is 86.8 cm³/mol. The molecule has 4 aliphatic rings. The molecule has 0 unspecified atom stereocenters. The Balaban J connectivity index is 1.59. The maximum Gasteiger partial charge on any atom is 0.238 e. The van der Waals surface area contributed by atoms with Crippen LogP contribution in [0.5, 0.6) is 11.5 Å². The van der Waals surface area contributed by atoms with Gasteiger partial charge < -0.3 is 9.47 Å². The molecule has 1 aromatic carbocycles. The Bertz CT molecular complexity index is 761. The maximum atomic E-state index is 13.1. The number of carbonyl (C=O) groups is 2. The number of fused-ring (bicyclic) bond motifs is 3. The van der Waals surface area contributed by atoms with Crippen LogP contribution in [-0.2, 0) is 9.59 Å². The second-order valence-corrected chi connectivity index (χ2v) is 7.27. The zero-order valence-corrected chi connectivity index (χ0v) is 13.7. The molecule has 5 heteroatoms. The van der Waals surface area contributed by atoms with Crippen LogP contribution in [0.1, 0.15) is 12.8 Å². The lowest BCUT2D eigenvalue weighted by Gasteiger charge is -2.23. The van der Waals surface area contributed by atoms with Crippen LogP contribution in [0.3, 0.4) is 0 Å². The topological polar surface area (TPSA) is 55.8 Å². The highest BCUT2D eigenvalue weighted by Crippen LogP contribution is 2.73. The Morgan fingerprint density at radius 2 is 1.62 bits per heavy atom. The number of allylic oxidation sites excluding steroid dienone is 2. The number of carbonyl (C=O) groups excluding carboxylic acids is 2. The average molecular weight is 325 g/mol. The van der Waals surface area contributed by atoms with Gasteiger partial charge in [-0.3, -0.25) is 9.59 Å². The molecular weight excluding hydrogens is 306 g/mol. The summed E-state index contributed by atoms with van der Waals surface area (Å²) in [6.07, 6.45) is 6.64. The number of amides is 2. The number of hydrogen-bond donors (Lipinski definition) is 0. The largest absolute Gasteiger partial charge is 0.497 e. The molecule has 2 amide bonds. The van der Waals surface area contributed by atoms with Gasteiger partial charge in [0.05, 0.1) is 31.7 Å². The number of anilines is 1. The number of ether oxygens (including phenoxy) is 2. The number of hydrogen-bond acceptors (Lipinski definition) is 4. The summed E-state index contributed by atoms with van der Waals surface area (Å²) in [4.78, 5) is 27.6. The van der Waals surface area contributed by atoms with Crippen molar-refractivity contribution in [1.82, 2.24) is 0 Å². The van der Waals surface area contributed by atoms with E-state index in [1.165, 1.54) is 4.90 Å². The molecule has 3 fully saturated rings. The van der Waals surface area contributed by atoms with Gasteiger partial charge in [-0.15, -0.1) is 0 Å². The number of imide groups is 1. The Hall–Kier alpha value is -2.30. The summed E-state index contributed by atoms with van der Waals surface area (Å²) >= 11 is 0. The number of nitrogens with zero attached hydrogens (tertiary/aromatic N) is 1. The molecule has 0 N–H and O–H groups in total. The Kier molecular flexibility index (Phi) is 2.58. The quantitative estimate of drug-likeness (QED) is 0.632. The fourth-order valence-electron chi connectivity index (χ4n) is 5.29. The van der Waals surface area contributed by atoms with Crippen LogP contribution >= 0.6 is 0 Å². The minimum Gasteiger partial charge on any atom is -0.497 e. The molecule has 4 atom stereocenters. The zero-order chi connectivity index (χ0) is 16.6. The predicted octanol–water partition coefficient (Wildman–Crippen LogP) is 2.41. The van der Waals surface area contributed by atoms with Crippen LogP contribution in [0.25, 0.3) is 0 Å². The van der Waals surface area contributed by atoms with E-state index in [-0.39, 0.29) is 40.9 Å². The first-order valence-corrected chi connectivity index (χ1v) is 8.40. The van der Waals surface area contributed by atoms with E-state index >= 15 is 0 Å². The van der Waals surface area contributed by atoms with Crippen LogP contribution < -0.4 is 14.4 Å². The molecule has 2 bridgehead atoms. The first-order valence-electron chi connectivity index (χ1n) is 8.40. The second kappa shape index (κ2) is 4.41. The minimum atomic E-state index is -0.203. The van der Waals surface area contributed by atoms with Crippen molar-refractivity contribution < 1.29 is 19.1 Å². The van der Waals surface area contributed by atoms with Crippen molar-refractivity contribution in [2.45, 2.75) is 12.8 Å². The van der Waals surface area contributed by atoms with Crippen LogP contribution in [-0.4, -0.2) is 26.0 Å². The summed E-state index contributed by atoms with van der Waals surface area (Å²) in [6, 6.07) is 5.20. The molecule has 124 valence electrons. The van der Waals surface area contributed by atoms with Crippen LogP contribution in [0, 0.1) is 29.1 Å². The van der Waals surface area contributed by atoms with Crippen LogP contribution in [0.2, 0.25) is 0 Å². The van der Waals surface area contributed by atoms with E-state index in [1.807, 2.05) is 0 Å². The highest BCUT2D eigenvalue weighted by molar-refractivity contribution is 6.23.